The molecule has 2 heterocycles. The lowest BCUT2D eigenvalue weighted by molar-refractivity contribution is 0.414. The summed E-state index contributed by atoms with van der Waals surface area (Å²) in [5.74, 6) is 0.717. The minimum absolute atomic E-state index is 0.0309. The molecule has 0 aliphatic carbocycles. The number of sulfonamides is 1. The van der Waals surface area contributed by atoms with Crippen LogP contribution in [0.1, 0.15) is 11.4 Å². The predicted octanol–water partition coefficient (Wildman–Crippen LogP) is 2.45. The molecule has 154 valence electrons. The molecule has 9 heteroatoms. The molecule has 4 rings (SSSR count). The highest BCUT2D eigenvalue weighted by atomic mass is 32.2. The van der Waals surface area contributed by atoms with Crippen LogP contribution >= 0.6 is 0 Å². The maximum atomic E-state index is 13.3. The van der Waals surface area contributed by atoms with Crippen LogP contribution in [0.2, 0.25) is 0 Å². The highest BCUT2D eigenvalue weighted by Gasteiger charge is 2.18. The molecule has 0 amide bonds. The lowest BCUT2D eigenvalue weighted by Crippen LogP contribution is -2.21. The number of nitrogens with two attached hydrogens (primary N) is 1. The van der Waals surface area contributed by atoms with Crippen LogP contribution in [0.5, 0.6) is 5.75 Å². The Balaban J connectivity index is 1.91. The molecule has 0 aliphatic rings. The van der Waals surface area contributed by atoms with E-state index in [4.69, 9.17) is 9.88 Å². The van der Waals surface area contributed by atoms with Crippen molar-refractivity contribution < 1.29 is 13.2 Å². The third kappa shape index (κ3) is 3.17. The number of ether oxygens (including phenoxy) is 1. The first kappa shape index (κ1) is 19.9. The van der Waals surface area contributed by atoms with E-state index in [1.165, 1.54) is 28.9 Å². The van der Waals surface area contributed by atoms with Crippen molar-refractivity contribution in [2.75, 3.05) is 7.11 Å². The normalized spacial score (nSPS) is 11.7. The van der Waals surface area contributed by atoms with E-state index >= 15 is 0 Å². The van der Waals surface area contributed by atoms with Crippen molar-refractivity contribution in [3.05, 3.63) is 76.5 Å². The fraction of sp³-hybridized carbons (Fsp3) is 0.143. The molecule has 0 spiro atoms. The van der Waals surface area contributed by atoms with Crippen molar-refractivity contribution in [3.63, 3.8) is 0 Å². The topological polar surface area (TPSA) is 109 Å². The molecule has 30 heavy (non-hydrogen) atoms. The minimum atomic E-state index is -3.81. The second kappa shape index (κ2) is 7.12. The number of hydrogen-bond donors (Lipinski definition) is 1. The number of benzene rings is 2. The first-order chi connectivity index (χ1) is 14.2. The number of aryl methyl sites for hydroxylation is 2. The van der Waals surface area contributed by atoms with Crippen molar-refractivity contribution in [2.24, 2.45) is 5.14 Å². The van der Waals surface area contributed by atoms with Crippen LogP contribution in [0, 0.1) is 13.8 Å². The first-order valence-electron chi connectivity index (χ1n) is 9.10. The Kier molecular flexibility index (Phi) is 4.71. The van der Waals surface area contributed by atoms with Crippen LogP contribution in [0.3, 0.4) is 0 Å². The van der Waals surface area contributed by atoms with Gasteiger partial charge < -0.3 is 9.30 Å². The van der Waals surface area contributed by atoms with Gasteiger partial charge >= 0.3 is 0 Å². The fourth-order valence-corrected chi connectivity index (χ4v) is 4.17. The molecule has 0 bridgehead atoms. The molecule has 0 saturated heterocycles. The van der Waals surface area contributed by atoms with E-state index in [1.807, 2.05) is 42.7 Å². The molecule has 0 saturated carbocycles. The van der Waals surface area contributed by atoms with Gasteiger partial charge in [0, 0.05) is 28.5 Å². The number of hydrogen-bond acceptors (Lipinski definition) is 5. The van der Waals surface area contributed by atoms with Crippen molar-refractivity contribution in [3.8, 4) is 17.1 Å². The van der Waals surface area contributed by atoms with Gasteiger partial charge in [-0.3, -0.25) is 4.79 Å². The zero-order valence-electron chi connectivity index (χ0n) is 16.7. The SMILES string of the molecule is COc1cccc(-n2c(C)c3cnn(-c4ccc(S(N)(=O)=O)cc4)c(=O)c3c2C)c1. The van der Waals surface area contributed by atoms with E-state index in [9.17, 15) is 13.2 Å². The van der Waals surface area contributed by atoms with Crippen LogP contribution in [0.25, 0.3) is 22.1 Å². The largest absolute Gasteiger partial charge is 0.497 e. The maximum Gasteiger partial charge on any atom is 0.281 e. The Morgan fingerprint density at radius 3 is 2.33 bits per heavy atom. The molecule has 4 aromatic rings. The zero-order chi connectivity index (χ0) is 21.6. The van der Waals surface area contributed by atoms with Gasteiger partial charge in [-0.05, 0) is 50.2 Å². The van der Waals surface area contributed by atoms with Gasteiger partial charge in [-0.25, -0.2) is 13.6 Å². The zero-order valence-corrected chi connectivity index (χ0v) is 17.5. The van der Waals surface area contributed by atoms with Crippen LogP contribution in [-0.4, -0.2) is 29.9 Å². The Morgan fingerprint density at radius 2 is 1.70 bits per heavy atom. The predicted molar refractivity (Wildman–Crippen MR) is 114 cm³/mol. The Bertz CT molecular complexity index is 1430. The summed E-state index contributed by atoms with van der Waals surface area (Å²) in [6.45, 7) is 3.81. The van der Waals surface area contributed by atoms with E-state index in [1.54, 1.807) is 13.3 Å². The number of aromatic nitrogens is 3. The molecular weight excluding hydrogens is 404 g/mol. The van der Waals surface area contributed by atoms with Crippen molar-refractivity contribution in [2.45, 2.75) is 18.7 Å². The standard InChI is InChI=1S/C21H20N4O4S/c1-13-19-12-23-25(15-7-9-18(10-8-15)30(22,27)28)21(26)20(19)14(2)24(13)16-5-4-6-17(11-16)29-3/h4-12H,1-3H3,(H2,22,27,28). The average molecular weight is 424 g/mol. The van der Waals surface area contributed by atoms with E-state index in [0.717, 1.165) is 28.2 Å². The number of nitrogens with zero attached hydrogens (tertiary/aromatic N) is 3. The summed E-state index contributed by atoms with van der Waals surface area (Å²) in [6, 6.07) is 13.3. The van der Waals surface area contributed by atoms with Crippen LogP contribution < -0.4 is 15.4 Å². The molecule has 2 aromatic carbocycles. The van der Waals surface area contributed by atoms with Gasteiger partial charge in [0.05, 0.1) is 29.3 Å². The average Bonchev–Trinajstić information content (AvgIpc) is 2.98. The highest BCUT2D eigenvalue weighted by Crippen LogP contribution is 2.28. The monoisotopic (exact) mass is 424 g/mol. The van der Waals surface area contributed by atoms with Gasteiger partial charge in [0.25, 0.3) is 5.56 Å². The van der Waals surface area contributed by atoms with Gasteiger partial charge in [0.1, 0.15) is 5.75 Å². The Hall–Kier alpha value is -3.43. The molecule has 8 nitrogen and oxygen atoms in total. The molecule has 0 unspecified atom stereocenters. The third-order valence-corrected chi connectivity index (χ3v) is 6.05. The number of fused-ring (bicyclic) bond motifs is 1. The summed E-state index contributed by atoms with van der Waals surface area (Å²) in [7, 11) is -2.21. The second-order valence-corrected chi connectivity index (χ2v) is 8.46. The molecule has 2 N–H and O–H groups in total. The molecule has 0 fully saturated rings. The molecule has 0 aliphatic heterocycles. The first-order valence-corrected chi connectivity index (χ1v) is 10.6. The van der Waals surface area contributed by atoms with Gasteiger partial charge in [-0.2, -0.15) is 9.78 Å². The van der Waals surface area contributed by atoms with Gasteiger partial charge in [-0.1, -0.05) is 6.07 Å². The van der Waals surface area contributed by atoms with E-state index < -0.39 is 10.0 Å². The summed E-state index contributed by atoms with van der Waals surface area (Å²) in [4.78, 5) is 13.2. The summed E-state index contributed by atoms with van der Waals surface area (Å²) in [6.07, 6.45) is 1.64. The van der Waals surface area contributed by atoms with Crippen molar-refractivity contribution >= 4 is 20.8 Å². The van der Waals surface area contributed by atoms with Crippen molar-refractivity contribution in [1.29, 1.82) is 0 Å². The molecule has 0 radical (unpaired) electrons. The second-order valence-electron chi connectivity index (χ2n) is 6.90. The summed E-state index contributed by atoms with van der Waals surface area (Å²) < 4.78 is 31.5. The minimum Gasteiger partial charge on any atom is -0.497 e. The lowest BCUT2D eigenvalue weighted by Gasteiger charge is -2.10. The van der Waals surface area contributed by atoms with Crippen LogP contribution in [-0.2, 0) is 10.0 Å². The quantitative estimate of drug-likeness (QED) is 0.541. The summed E-state index contributed by atoms with van der Waals surface area (Å²) in [5.41, 5.74) is 2.69. The van der Waals surface area contributed by atoms with E-state index in [-0.39, 0.29) is 10.5 Å². The third-order valence-electron chi connectivity index (χ3n) is 5.12. The summed E-state index contributed by atoms with van der Waals surface area (Å²) >= 11 is 0. The molecule has 2 aromatic heterocycles. The van der Waals surface area contributed by atoms with E-state index in [2.05, 4.69) is 5.10 Å². The lowest BCUT2D eigenvalue weighted by atomic mass is 10.2. The van der Waals surface area contributed by atoms with Crippen LogP contribution in [0.4, 0.5) is 0 Å². The summed E-state index contributed by atoms with van der Waals surface area (Å²) in [5, 5.41) is 10.7. The number of methoxy groups -OCH3 is 1. The maximum absolute atomic E-state index is 13.3. The van der Waals surface area contributed by atoms with Crippen LogP contribution in [0.15, 0.2) is 64.4 Å². The molecule has 0 atom stereocenters. The van der Waals surface area contributed by atoms with E-state index in [0.29, 0.717) is 11.1 Å². The van der Waals surface area contributed by atoms with Gasteiger partial charge in [0.2, 0.25) is 10.0 Å². The van der Waals surface area contributed by atoms with Gasteiger partial charge in [-0.15, -0.1) is 0 Å². The number of primary sulfonamides is 1. The molecular formula is C21H20N4O4S. The van der Waals surface area contributed by atoms with Gasteiger partial charge in [0.15, 0.2) is 0 Å². The fourth-order valence-electron chi connectivity index (χ4n) is 3.66. The smallest absolute Gasteiger partial charge is 0.281 e. The highest BCUT2D eigenvalue weighted by molar-refractivity contribution is 7.89. The number of rotatable bonds is 4. The Morgan fingerprint density at radius 1 is 1.00 bits per heavy atom. The Labute approximate surface area is 173 Å². The van der Waals surface area contributed by atoms with Crippen molar-refractivity contribution in [1.82, 2.24) is 14.3 Å².